The van der Waals surface area contributed by atoms with Crippen LogP contribution in [0.15, 0.2) is 76.3 Å². The van der Waals surface area contributed by atoms with Crippen molar-refractivity contribution in [3.63, 3.8) is 0 Å². The van der Waals surface area contributed by atoms with Crippen LogP contribution in [0.4, 0.5) is 24.9 Å². The smallest absolute Gasteiger partial charge is 0.402 e. The summed E-state index contributed by atoms with van der Waals surface area (Å²) < 4.78 is 51.3. The second kappa shape index (κ2) is 10.2. The lowest BCUT2D eigenvalue weighted by Crippen LogP contribution is -2.32. The second-order valence-corrected chi connectivity index (χ2v) is 9.56. The molecular weight excluding hydrogens is 525 g/mol. The van der Waals surface area contributed by atoms with E-state index in [1.807, 2.05) is 48.5 Å². The molecule has 1 aliphatic heterocycles. The number of fused-ring (bicyclic) bond motifs is 1. The van der Waals surface area contributed by atoms with E-state index >= 15 is 0 Å². The van der Waals surface area contributed by atoms with Crippen molar-refractivity contribution in [3.8, 4) is 11.6 Å². The van der Waals surface area contributed by atoms with Crippen molar-refractivity contribution in [2.24, 2.45) is 10.9 Å². The molecule has 1 aliphatic carbocycles. The van der Waals surface area contributed by atoms with Crippen molar-refractivity contribution in [2.45, 2.75) is 24.7 Å². The van der Waals surface area contributed by atoms with E-state index in [2.05, 4.69) is 30.8 Å². The Bertz CT molecular complexity index is 1590. The number of alkyl halides is 3. The largest absolute Gasteiger partial charge is 0.417 e. The number of carbonyl (C=O) groups excluding carboxylic acids is 1. The van der Waals surface area contributed by atoms with Crippen LogP contribution >= 0.6 is 0 Å². The number of methoxy groups -OCH3 is 1. The standard InChI is InChI=1S/C28H23F3N6O3/c1-39-14-16-11-19(16)20-12-17(28(29,30)31)13-32-23(20)26-36-37-27(40-26)35-24-25(38)33-21-10-6-5-9-18(21)22(34-24)15-7-3-2-4-8-15/h2-10,12-13,16,19,24H,11,14H2,1H3,(H,33,38)(H,35,37)/t16-,19+,24?/m1/s1. The number of hydrogen-bond acceptors (Lipinski definition) is 8. The molecule has 204 valence electrons. The van der Waals surface area contributed by atoms with E-state index in [0.717, 1.165) is 23.4 Å². The highest BCUT2D eigenvalue weighted by molar-refractivity contribution is 6.19. The van der Waals surface area contributed by atoms with Gasteiger partial charge in [-0.15, -0.1) is 5.10 Å². The first-order chi connectivity index (χ1) is 19.3. The highest BCUT2D eigenvalue weighted by Gasteiger charge is 2.42. The number of benzodiazepines with no additional fused rings is 1. The summed E-state index contributed by atoms with van der Waals surface area (Å²) in [6.07, 6.45) is -4.28. The number of anilines is 2. The van der Waals surface area contributed by atoms with Crippen LogP contribution in [-0.4, -0.2) is 46.7 Å². The van der Waals surface area contributed by atoms with Gasteiger partial charge in [0.1, 0.15) is 5.69 Å². The lowest BCUT2D eigenvalue weighted by atomic mass is 10.0. The summed E-state index contributed by atoms with van der Waals surface area (Å²) in [6, 6.07) is 17.7. The Hall–Kier alpha value is -4.58. The third kappa shape index (κ3) is 5.05. The molecule has 0 bridgehead atoms. The van der Waals surface area contributed by atoms with E-state index < -0.39 is 23.8 Å². The Labute approximate surface area is 226 Å². The summed E-state index contributed by atoms with van der Waals surface area (Å²) in [5.41, 5.74) is 2.38. The first kappa shape index (κ1) is 25.7. The van der Waals surface area contributed by atoms with E-state index in [1.54, 1.807) is 13.2 Å². The number of para-hydroxylation sites is 1. The lowest BCUT2D eigenvalue weighted by Gasteiger charge is -2.12. The highest BCUT2D eigenvalue weighted by Crippen LogP contribution is 2.50. The Morgan fingerprint density at radius 2 is 1.88 bits per heavy atom. The van der Waals surface area contributed by atoms with Crippen molar-refractivity contribution in [1.29, 1.82) is 0 Å². The quantitative estimate of drug-likeness (QED) is 0.329. The van der Waals surface area contributed by atoms with Gasteiger partial charge in [0.15, 0.2) is 0 Å². The van der Waals surface area contributed by atoms with Crippen LogP contribution in [0.25, 0.3) is 11.6 Å². The first-order valence-electron chi connectivity index (χ1n) is 12.5. The zero-order chi connectivity index (χ0) is 27.9. The molecule has 3 atom stereocenters. The summed E-state index contributed by atoms with van der Waals surface area (Å²) in [5.74, 6) is -0.639. The molecule has 4 aromatic rings. The lowest BCUT2D eigenvalue weighted by molar-refractivity contribution is -0.137. The van der Waals surface area contributed by atoms with E-state index in [4.69, 9.17) is 9.15 Å². The van der Waals surface area contributed by atoms with E-state index in [-0.39, 0.29) is 29.4 Å². The molecule has 1 fully saturated rings. The third-order valence-corrected chi connectivity index (χ3v) is 6.83. The Balaban J connectivity index is 1.32. The summed E-state index contributed by atoms with van der Waals surface area (Å²) in [4.78, 5) is 21.8. The van der Waals surface area contributed by atoms with E-state index in [0.29, 0.717) is 30.0 Å². The van der Waals surface area contributed by atoms with E-state index in [9.17, 15) is 18.0 Å². The number of rotatable bonds is 7. The van der Waals surface area contributed by atoms with Crippen molar-refractivity contribution in [2.75, 3.05) is 24.4 Å². The zero-order valence-electron chi connectivity index (χ0n) is 21.1. The van der Waals surface area contributed by atoms with Gasteiger partial charge in [0.25, 0.3) is 11.8 Å². The molecular formula is C28H23F3N6O3. The average Bonchev–Trinajstić information content (AvgIpc) is 3.59. The molecule has 0 saturated heterocycles. The zero-order valence-corrected chi connectivity index (χ0v) is 21.1. The molecule has 0 radical (unpaired) electrons. The topological polar surface area (TPSA) is 115 Å². The molecule has 2 aromatic carbocycles. The Kier molecular flexibility index (Phi) is 6.54. The molecule has 1 amide bonds. The minimum atomic E-state index is -4.55. The van der Waals surface area contributed by atoms with Crippen molar-refractivity contribution >= 4 is 23.3 Å². The molecule has 12 heteroatoms. The molecule has 9 nitrogen and oxygen atoms in total. The molecule has 1 saturated carbocycles. The Morgan fingerprint density at radius 1 is 1.10 bits per heavy atom. The second-order valence-electron chi connectivity index (χ2n) is 9.56. The molecule has 2 aliphatic rings. The summed E-state index contributed by atoms with van der Waals surface area (Å²) >= 11 is 0. The molecule has 2 aromatic heterocycles. The van der Waals surface area contributed by atoms with Gasteiger partial charge in [-0.2, -0.15) is 13.2 Å². The van der Waals surface area contributed by atoms with Crippen LogP contribution < -0.4 is 10.6 Å². The predicted molar refractivity (Wildman–Crippen MR) is 140 cm³/mol. The molecule has 2 N–H and O–H groups in total. The highest BCUT2D eigenvalue weighted by atomic mass is 19.4. The molecule has 3 heterocycles. The number of amides is 1. The maximum absolute atomic E-state index is 13.4. The third-order valence-electron chi connectivity index (χ3n) is 6.83. The van der Waals surface area contributed by atoms with E-state index in [1.165, 1.54) is 0 Å². The minimum absolute atomic E-state index is 0.0663. The van der Waals surface area contributed by atoms with Gasteiger partial charge in [0, 0.05) is 31.0 Å². The predicted octanol–water partition coefficient (Wildman–Crippen LogP) is 5.13. The normalized spacial score (nSPS) is 20.2. The van der Waals surface area contributed by atoms with Gasteiger partial charge in [0.05, 0.1) is 17.0 Å². The molecule has 40 heavy (non-hydrogen) atoms. The van der Waals surface area contributed by atoms with Crippen LogP contribution in [0, 0.1) is 5.92 Å². The van der Waals surface area contributed by atoms with Gasteiger partial charge in [0.2, 0.25) is 6.17 Å². The number of benzene rings is 2. The number of pyridine rings is 1. The fraction of sp³-hybridized carbons (Fsp3) is 0.250. The average molecular weight is 549 g/mol. The maximum atomic E-state index is 13.4. The van der Waals surface area contributed by atoms with Crippen LogP contribution in [-0.2, 0) is 15.7 Å². The number of aliphatic imine (C=N–C) groups is 1. The van der Waals surface area contributed by atoms with Crippen LogP contribution in [0.3, 0.4) is 0 Å². The number of nitrogens with zero attached hydrogens (tertiary/aromatic N) is 4. The van der Waals surface area contributed by atoms with Crippen molar-refractivity contribution < 1.29 is 27.1 Å². The number of hydrogen-bond donors (Lipinski definition) is 2. The Morgan fingerprint density at radius 3 is 2.65 bits per heavy atom. The molecule has 0 spiro atoms. The van der Waals surface area contributed by atoms with Crippen LogP contribution in [0.2, 0.25) is 0 Å². The van der Waals surface area contributed by atoms with Gasteiger partial charge in [-0.25, -0.2) is 4.99 Å². The van der Waals surface area contributed by atoms with Crippen molar-refractivity contribution in [1.82, 2.24) is 15.2 Å². The number of nitrogens with one attached hydrogen (secondary N) is 2. The van der Waals surface area contributed by atoms with Crippen LogP contribution in [0.1, 0.15) is 34.6 Å². The van der Waals surface area contributed by atoms with Gasteiger partial charge in [-0.1, -0.05) is 53.6 Å². The number of ether oxygens (including phenoxy) is 1. The van der Waals surface area contributed by atoms with Gasteiger partial charge in [-0.05, 0) is 36.0 Å². The summed E-state index contributed by atoms with van der Waals surface area (Å²) in [7, 11) is 1.55. The number of carbonyl (C=O) groups is 1. The van der Waals surface area contributed by atoms with Gasteiger partial charge >= 0.3 is 12.2 Å². The fourth-order valence-electron chi connectivity index (χ4n) is 4.80. The monoisotopic (exact) mass is 548 g/mol. The van der Waals surface area contributed by atoms with Gasteiger partial charge in [-0.3, -0.25) is 9.78 Å². The number of halogens is 3. The fourth-order valence-corrected chi connectivity index (χ4v) is 4.80. The number of aromatic nitrogens is 3. The van der Waals surface area contributed by atoms with Crippen LogP contribution in [0.5, 0.6) is 0 Å². The SMILES string of the molecule is COC[C@H]1C[C@@H]1c1cc(C(F)(F)F)cnc1-c1nnc(NC2N=C(c3ccccc3)c3ccccc3NC2=O)o1. The molecule has 1 unspecified atom stereocenters. The summed E-state index contributed by atoms with van der Waals surface area (Å²) in [5, 5.41) is 13.7. The first-order valence-corrected chi connectivity index (χ1v) is 12.5. The van der Waals surface area contributed by atoms with Crippen molar-refractivity contribution in [3.05, 3.63) is 89.1 Å². The van der Waals surface area contributed by atoms with Gasteiger partial charge < -0.3 is 19.8 Å². The maximum Gasteiger partial charge on any atom is 0.417 e. The minimum Gasteiger partial charge on any atom is -0.402 e. The summed E-state index contributed by atoms with van der Waals surface area (Å²) in [6.45, 7) is 0.415. The molecule has 6 rings (SSSR count).